The molecule has 0 saturated heterocycles. The summed E-state index contributed by atoms with van der Waals surface area (Å²) in [6.07, 6.45) is 2.24. The van der Waals surface area contributed by atoms with Crippen LogP contribution < -0.4 is 9.46 Å². The molecule has 0 heterocycles. The third-order valence-corrected chi connectivity index (χ3v) is 6.59. The van der Waals surface area contributed by atoms with Crippen LogP contribution in [0, 0.1) is 6.92 Å². The first kappa shape index (κ1) is 27.4. The molecular formula is C24H42N2O4S. The number of amides is 1. The zero-order valence-corrected chi connectivity index (χ0v) is 21.7. The van der Waals surface area contributed by atoms with Gasteiger partial charge < -0.3 is 4.74 Å². The molecule has 0 radical (unpaired) electrons. The molecule has 6 nitrogen and oxygen atoms in total. The molecule has 1 rings (SSSR count). The highest BCUT2D eigenvalue weighted by Crippen LogP contribution is 2.40. The van der Waals surface area contributed by atoms with Crippen molar-refractivity contribution < 1.29 is 17.9 Å². The van der Waals surface area contributed by atoms with Crippen LogP contribution in [0.25, 0.3) is 0 Å². The van der Waals surface area contributed by atoms with Gasteiger partial charge in [0.1, 0.15) is 5.75 Å². The third-order valence-electron chi connectivity index (χ3n) is 5.12. The van der Waals surface area contributed by atoms with E-state index in [2.05, 4.69) is 4.72 Å². The number of aryl methyl sites for hydroxylation is 1. The third kappa shape index (κ3) is 8.11. The van der Waals surface area contributed by atoms with Crippen LogP contribution in [0.1, 0.15) is 97.8 Å². The van der Waals surface area contributed by atoms with Crippen molar-refractivity contribution in [1.29, 1.82) is 0 Å². The van der Waals surface area contributed by atoms with Gasteiger partial charge in [-0.25, -0.2) is 9.52 Å². The summed E-state index contributed by atoms with van der Waals surface area (Å²) in [5.74, 6) is 0.437. The average molecular weight is 455 g/mol. The molecule has 0 unspecified atom stereocenters. The lowest BCUT2D eigenvalue weighted by molar-refractivity contribution is 0.204. The minimum Gasteiger partial charge on any atom is -0.409 e. The number of nitrogens with zero attached hydrogens (tertiary/aromatic N) is 1. The summed E-state index contributed by atoms with van der Waals surface area (Å²) in [5, 5.41) is 0. The van der Waals surface area contributed by atoms with Crippen molar-refractivity contribution >= 4 is 16.3 Å². The van der Waals surface area contributed by atoms with Crippen molar-refractivity contribution in [2.75, 3.05) is 13.1 Å². The Balaban J connectivity index is 3.28. The van der Waals surface area contributed by atoms with Crippen LogP contribution in [0.5, 0.6) is 5.75 Å². The van der Waals surface area contributed by atoms with Crippen LogP contribution in [0.4, 0.5) is 4.79 Å². The smallest absolute Gasteiger partial charge is 0.409 e. The Morgan fingerprint density at radius 2 is 1.35 bits per heavy atom. The summed E-state index contributed by atoms with van der Waals surface area (Å²) >= 11 is 0. The Morgan fingerprint density at radius 1 is 0.935 bits per heavy atom. The fraction of sp³-hybridized carbons (Fsp3) is 0.708. The van der Waals surface area contributed by atoms with E-state index in [9.17, 15) is 13.2 Å². The molecule has 0 bridgehead atoms. The summed E-state index contributed by atoms with van der Waals surface area (Å²) in [7, 11) is -3.98. The largest absolute Gasteiger partial charge is 0.427 e. The first-order valence-corrected chi connectivity index (χ1v) is 12.7. The Labute approximate surface area is 189 Å². The highest BCUT2D eigenvalue weighted by Gasteiger charge is 2.30. The molecule has 0 aliphatic rings. The molecule has 0 atom stereocenters. The van der Waals surface area contributed by atoms with Gasteiger partial charge >= 0.3 is 16.3 Å². The van der Waals surface area contributed by atoms with E-state index in [0.717, 1.165) is 42.4 Å². The second kappa shape index (κ2) is 10.8. The number of hydrogen-bond donors (Lipinski definition) is 1. The zero-order chi connectivity index (χ0) is 24.0. The van der Waals surface area contributed by atoms with E-state index in [0.29, 0.717) is 18.8 Å². The van der Waals surface area contributed by atoms with Crippen molar-refractivity contribution in [1.82, 2.24) is 9.03 Å². The summed E-state index contributed by atoms with van der Waals surface area (Å²) in [6, 6.07) is 4.00. The molecule has 0 aromatic heterocycles. The molecule has 1 aromatic rings. The molecule has 1 N–H and O–H groups in total. The first-order valence-electron chi connectivity index (χ1n) is 11.3. The topological polar surface area (TPSA) is 75.7 Å². The number of benzene rings is 1. The maximum Gasteiger partial charge on any atom is 0.427 e. The average Bonchev–Trinajstić information content (AvgIpc) is 2.60. The molecule has 178 valence electrons. The van der Waals surface area contributed by atoms with Gasteiger partial charge in [-0.05, 0) is 30.6 Å². The quantitative estimate of drug-likeness (QED) is 0.510. The van der Waals surface area contributed by atoms with Crippen LogP contribution >= 0.6 is 0 Å². The number of unbranched alkanes of at least 4 members (excludes halogenated alkanes) is 2. The lowest BCUT2D eigenvalue weighted by Crippen LogP contribution is -2.45. The van der Waals surface area contributed by atoms with E-state index in [1.807, 2.05) is 74.4 Å². The van der Waals surface area contributed by atoms with Crippen LogP contribution in [0.15, 0.2) is 12.1 Å². The van der Waals surface area contributed by atoms with Gasteiger partial charge in [0.2, 0.25) is 0 Å². The Bertz CT molecular complexity index is 806. The van der Waals surface area contributed by atoms with Gasteiger partial charge in [0.15, 0.2) is 0 Å². The fourth-order valence-electron chi connectivity index (χ4n) is 3.30. The minimum atomic E-state index is -3.98. The van der Waals surface area contributed by atoms with E-state index in [4.69, 9.17) is 4.74 Å². The molecule has 0 saturated carbocycles. The van der Waals surface area contributed by atoms with E-state index >= 15 is 0 Å². The van der Waals surface area contributed by atoms with Gasteiger partial charge in [0.05, 0.1) is 0 Å². The summed E-state index contributed by atoms with van der Waals surface area (Å²) in [5.41, 5.74) is 2.25. The SMILES string of the molecule is CCCCN(CCCC)S(=O)(=O)NC(=O)Oc1c(C(C)(C)C)cc(C)cc1C(C)(C)C. The van der Waals surface area contributed by atoms with Crippen molar-refractivity contribution in [2.45, 2.75) is 98.8 Å². The molecule has 0 spiro atoms. The summed E-state index contributed by atoms with van der Waals surface area (Å²) < 4.78 is 34.9. The van der Waals surface area contributed by atoms with Crippen LogP contribution in [-0.2, 0) is 21.0 Å². The Hall–Kier alpha value is -1.60. The van der Waals surface area contributed by atoms with Gasteiger partial charge in [-0.3, -0.25) is 0 Å². The number of rotatable bonds is 9. The van der Waals surface area contributed by atoms with Crippen LogP contribution in [0.2, 0.25) is 0 Å². The molecule has 1 amide bonds. The molecule has 0 aliphatic heterocycles. The molecule has 31 heavy (non-hydrogen) atoms. The lowest BCUT2D eigenvalue weighted by Gasteiger charge is -2.30. The van der Waals surface area contributed by atoms with E-state index in [-0.39, 0.29) is 10.8 Å². The minimum absolute atomic E-state index is 0.283. The highest BCUT2D eigenvalue weighted by molar-refractivity contribution is 7.87. The Kier molecular flexibility index (Phi) is 9.57. The maximum absolute atomic E-state index is 12.9. The number of carbonyl (C=O) groups is 1. The predicted octanol–water partition coefficient (Wildman–Crippen LogP) is 5.83. The molecule has 7 heteroatoms. The monoisotopic (exact) mass is 454 g/mol. The summed E-state index contributed by atoms with van der Waals surface area (Å²) in [4.78, 5) is 12.8. The summed E-state index contributed by atoms with van der Waals surface area (Å²) in [6.45, 7) is 19.1. The molecule has 1 aromatic carbocycles. The van der Waals surface area contributed by atoms with E-state index in [1.165, 1.54) is 4.31 Å². The van der Waals surface area contributed by atoms with Gasteiger partial charge in [-0.2, -0.15) is 12.7 Å². The van der Waals surface area contributed by atoms with Gasteiger partial charge in [0, 0.05) is 24.2 Å². The van der Waals surface area contributed by atoms with Crippen molar-refractivity contribution in [3.8, 4) is 5.75 Å². The second-order valence-corrected chi connectivity index (χ2v) is 12.0. The van der Waals surface area contributed by atoms with Crippen LogP contribution in [0.3, 0.4) is 0 Å². The second-order valence-electron chi connectivity index (χ2n) is 10.3. The highest BCUT2D eigenvalue weighted by atomic mass is 32.2. The lowest BCUT2D eigenvalue weighted by atomic mass is 9.78. The van der Waals surface area contributed by atoms with E-state index in [1.54, 1.807) is 0 Å². The predicted molar refractivity (Wildman–Crippen MR) is 128 cm³/mol. The van der Waals surface area contributed by atoms with Crippen molar-refractivity contribution in [2.24, 2.45) is 0 Å². The number of hydrogen-bond acceptors (Lipinski definition) is 4. The zero-order valence-electron chi connectivity index (χ0n) is 20.9. The first-order chi connectivity index (χ1) is 14.1. The van der Waals surface area contributed by atoms with Crippen LogP contribution in [-0.4, -0.2) is 31.9 Å². The van der Waals surface area contributed by atoms with Crippen molar-refractivity contribution in [3.05, 3.63) is 28.8 Å². The Morgan fingerprint density at radius 3 is 1.71 bits per heavy atom. The number of carbonyl (C=O) groups excluding carboxylic acids is 1. The maximum atomic E-state index is 12.9. The number of ether oxygens (including phenoxy) is 1. The van der Waals surface area contributed by atoms with Gasteiger partial charge in [-0.1, -0.05) is 85.9 Å². The van der Waals surface area contributed by atoms with E-state index < -0.39 is 16.3 Å². The number of nitrogens with one attached hydrogen (secondary N) is 1. The normalized spacial score (nSPS) is 12.8. The fourth-order valence-corrected chi connectivity index (χ4v) is 4.42. The van der Waals surface area contributed by atoms with Gasteiger partial charge in [0.25, 0.3) is 0 Å². The molecular weight excluding hydrogens is 412 g/mol. The van der Waals surface area contributed by atoms with Gasteiger partial charge in [-0.15, -0.1) is 0 Å². The standard InChI is InChI=1S/C24H42N2O4S/c1-10-12-14-26(15-13-11-2)31(28,29)25-22(27)30-21-19(23(4,5)6)16-18(3)17-20(21)24(7,8)9/h16-17H,10-15H2,1-9H3,(H,25,27). The molecule has 0 aliphatic carbocycles. The molecule has 0 fully saturated rings. The van der Waals surface area contributed by atoms with Crippen molar-refractivity contribution in [3.63, 3.8) is 0 Å².